The van der Waals surface area contributed by atoms with Gasteiger partial charge in [-0.25, -0.2) is 4.98 Å². The molecule has 1 saturated heterocycles. The minimum Gasteiger partial charge on any atom is -0.349 e. The monoisotopic (exact) mass is 523 g/mol. The number of halogens is 3. The molecule has 1 aliphatic carbocycles. The number of alkyl halides is 3. The lowest BCUT2D eigenvalue weighted by Gasteiger charge is -2.46. The highest BCUT2D eigenvalue weighted by atomic mass is 32.1. The van der Waals surface area contributed by atoms with Gasteiger partial charge < -0.3 is 15.5 Å². The zero-order valence-electron chi connectivity index (χ0n) is 20.5. The van der Waals surface area contributed by atoms with Gasteiger partial charge in [-0.2, -0.15) is 13.2 Å². The first-order valence-electron chi connectivity index (χ1n) is 12.2. The SMILES string of the molecule is CN(C)Cc1ncc(C2CCC(N3CC(NC(=O)CNC(=O)c4cccc(C(F)(F)F)c4)C3)CC2)s1. The van der Waals surface area contributed by atoms with Gasteiger partial charge in [0.2, 0.25) is 5.91 Å². The van der Waals surface area contributed by atoms with Crippen LogP contribution in [-0.4, -0.2) is 72.4 Å². The van der Waals surface area contributed by atoms with Gasteiger partial charge in [-0.15, -0.1) is 11.3 Å². The molecule has 2 amide bonds. The van der Waals surface area contributed by atoms with Crippen LogP contribution in [-0.2, 0) is 17.5 Å². The van der Waals surface area contributed by atoms with E-state index in [1.807, 2.05) is 31.6 Å². The van der Waals surface area contributed by atoms with Gasteiger partial charge in [0.05, 0.1) is 18.2 Å². The van der Waals surface area contributed by atoms with E-state index < -0.39 is 17.6 Å². The Morgan fingerprint density at radius 3 is 2.56 bits per heavy atom. The van der Waals surface area contributed by atoms with E-state index in [0.29, 0.717) is 12.0 Å². The summed E-state index contributed by atoms with van der Waals surface area (Å²) in [5.41, 5.74) is -1.03. The van der Waals surface area contributed by atoms with E-state index in [1.165, 1.54) is 17.0 Å². The van der Waals surface area contributed by atoms with Crippen LogP contribution in [0.25, 0.3) is 0 Å². The Morgan fingerprint density at radius 1 is 1.17 bits per heavy atom. The second-order valence-corrected chi connectivity index (χ2v) is 11.0. The standard InChI is InChI=1S/C25H32F3N5O2S/c1-32(2)15-23-29-11-21(36-23)16-6-8-20(9-7-16)33-13-19(14-33)31-22(34)12-30-24(35)17-4-3-5-18(10-17)25(26,27)28/h3-5,10-11,16,19-20H,6-9,12-15H2,1-2H3,(H,30,35)(H,31,34). The molecule has 2 N–H and O–H groups in total. The summed E-state index contributed by atoms with van der Waals surface area (Å²) >= 11 is 1.82. The van der Waals surface area contributed by atoms with Gasteiger partial charge in [-0.05, 0) is 63.9 Å². The summed E-state index contributed by atoms with van der Waals surface area (Å²) in [6.07, 6.45) is 2.04. The molecular formula is C25H32F3N5O2S. The lowest BCUT2D eigenvalue weighted by molar-refractivity contribution is -0.137. The molecule has 4 rings (SSSR count). The number of hydrogen-bond acceptors (Lipinski definition) is 6. The number of carbonyl (C=O) groups excluding carboxylic acids is 2. The molecule has 0 spiro atoms. The number of benzene rings is 1. The van der Waals surface area contributed by atoms with Crippen molar-refractivity contribution < 1.29 is 22.8 Å². The Kier molecular flexibility index (Phi) is 8.31. The number of likely N-dealkylation sites (tertiary alicyclic amines) is 1. The first-order valence-corrected chi connectivity index (χ1v) is 13.0. The second-order valence-electron chi connectivity index (χ2n) is 9.88. The quantitative estimate of drug-likeness (QED) is 0.554. The van der Waals surface area contributed by atoms with E-state index in [2.05, 4.69) is 25.4 Å². The molecular weight excluding hydrogens is 491 g/mol. The van der Waals surface area contributed by atoms with E-state index in [0.717, 1.165) is 62.5 Å². The highest BCUT2D eigenvalue weighted by molar-refractivity contribution is 7.11. The first-order chi connectivity index (χ1) is 17.1. The van der Waals surface area contributed by atoms with Crippen molar-refractivity contribution in [1.82, 2.24) is 25.4 Å². The molecule has 1 saturated carbocycles. The van der Waals surface area contributed by atoms with E-state index in [9.17, 15) is 22.8 Å². The highest BCUT2D eigenvalue weighted by Gasteiger charge is 2.36. The Hall–Kier alpha value is -2.50. The number of amides is 2. The molecule has 11 heteroatoms. The molecule has 2 heterocycles. The van der Waals surface area contributed by atoms with Gasteiger partial charge in [0, 0.05) is 42.3 Å². The third kappa shape index (κ3) is 6.83. The van der Waals surface area contributed by atoms with Crippen molar-refractivity contribution in [2.24, 2.45) is 0 Å². The number of thiazole rings is 1. The summed E-state index contributed by atoms with van der Waals surface area (Å²) in [6, 6.07) is 4.69. The molecule has 1 aromatic carbocycles. The highest BCUT2D eigenvalue weighted by Crippen LogP contribution is 2.38. The van der Waals surface area contributed by atoms with Crippen LogP contribution in [0.2, 0.25) is 0 Å². The van der Waals surface area contributed by atoms with E-state index in [4.69, 9.17) is 0 Å². The van der Waals surface area contributed by atoms with Crippen LogP contribution >= 0.6 is 11.3 Å². The number of carbonyl (C=O) groups is 2. The van der Waals surface area contributed by atoms with Crippen molar-refractivity contribution in [2.45, 2.75) is 56.4 Å². The van der Waals surface area contributed by atoms with Crippen molar-refractivity contribution in [3.05, 3.63) is 51.5 Å². The molecule has 1 aliphatic heterocycles. The molecule has 2 aliphatic rings. The van der Waals surface area contributed by atoms with E-state index in [1.54, 1.807) is 0 Å². The fourth-order valence-electron chi connectivity index (χ4n) is 4.86. The van der Waals surface area contributed by atoms with Crippen LogP contribution in [0.5, 0.6) is 0 Å². The number of rotatable bonds is 8. The van der Waals surface area contributed by atoms with Crippen LogP contribution in [0, 0.1) is 0 Å². The van der Waals surface area contributed by atoms with Gasteiger partial charge in [0.15, 0.2) is 0 Å². The fraction of sp³-hybridized carbons (Fsp3) is 0.560. The number of nitrogens with one attached hydrogen (secondary N) is 2. The average Bonchev–Trinajstić information content (AvgIpc) is 3.27. The van der Waals surface area contributed by atoms with Gasteiger partial charge in [-0.3, -0.25) is 14.5 Å². The summed E-state index contributed by atoms with van der Waals surface area (Å²) in [6.45, 7) is 2.14. The lowest BCUT2D eigenvalue weighted by atomic mass is 9.83. The molecule has 0 bridgehead atoms. The summed E-state index contributed by atoms with van der Waals surface area (Å²) in [5, 5.41) is 6.45. The average molecular weight is 524 g/mol. The van der Waals surface area contributed by atoms with Crippen LogP contribution in [0.3, 0.4) is 0 Å². The minimum absolute atomic E-state index is 0.0239. The van der Waals surface area contributed by atoms with Crippen molar-refractivity contribution in [3.63, 3.8) is 0 Å². The smallest absolute Gasteiger partial charge is 0.349 e. The summed E-state index contributed by atoms with van der Waals surface area (Å²) < 4.78 is 38.5. The lowest BCUT2D eigenvalue weighted by Crippen LogP contribution is -2.63. The summed E-state index contributed by atoms with van der Waals surface area (Å²) in [5.74, 6) is -0.479. The molecule has 1 aromatic heterocycles. The maximum atomic E-state index is 12.8. The molecule has 2 fully saturated rings. The predicted octanol–water partition coefficient (Wildman–Crippen LogP) is 3.48. The molecule has 2 aromatic rings. The van der Waals surface area contributed by atoms with Gasteiger partial charge in [0.1, 0.15) is 5.01 Å². The van der Waals surface area contributed by atoms with Crippen LogP contribution in [0.15, 0.2) is 30.5 Å². The molecule has 196 valence electrons. The fourth-order valence-corrected chi connectivity index (χ4v) is 6.07. The van der Waals surface area contributed by atoms with Crippen LogP contribution < -0.4 is 10.6 Å². The normalized spacial score (nSPS) is 21.3. The Morgan fingerprint density at radius 2 is 1.89 bits per heavy atom. The largest absolute Gasteiger partial charge is 0.416 e. The Bertz CT molecular complexity index is 1060. The van der Waals surface area contributed by atoms with Gasteiger partial charge >= 0.3 is 6.18 Å². The molecule has 7 nitrogen and oxygen atoms in total. The topological polar surface area (TPSA) is 77.6 Å². The van der Waals surface area contributed by atoms with Crippen molar-refractivity contribution in [3.8, 4) is 0 Å². The van der Waals surface area contributed by atoms with Gasteiger partial charge in [-0.1, -0.05) is 6.07 Å². The maximum absolute atomic E-state index is 12.8. The number of hydrogen-bond donors (Lipinski definition) is 2. The predicted molar refractivity (Wildman–Crippen MR) is 132 cm³/mol. The van der Waals surface area contributed by atoms with Crippen LogP contribution in [0.4, 0.5) is 13.2 Å². The summed E-state index contributed by atoms with van der Waals surface area (Å²) in [7, 11) is 4.09. The summed E-state index contributed by atoms with van der Waals surface area (Å²) in [4.78, 5) is 34.9. The van der Waals surface area contributed by atoms with Gasteiger partial charge in [0.25, 0.3) is 5.91 Å². The number of nitrogens with zero attached hydrogens (tertiary/aromatic N) is 3. The molecule has 0 atom stereocenters. The molecule has 0 radical (unpaired) electrons. The first kappa shape index (κ1) is 26.6. The second kappa shape index (κ2) is 11.3. The number of aromatic nitrogens is 1. The van der Waals surface area contributed by atoms with Crippen molar-refractivity contribution in [2.75, 3.05) is 33.7 Å². The van der Waals surface area contributed by atoms with E-state index in [-0.39, 0.29) is 24.1 Å². The van der Waals surface area contributed by atoms with Crippen LogP contribution in [0.1, 0.15) is 57.4 Å². The van der Waals surface area contributed by atoms with Crippen molar-refractivity contribution >= 4 is 23.2 Å². The molecule has 0 unspecified atom stereocenters. The minimum atomic E-state index is -4.53. The third-order valence-corrected chi connectivity index (χ3v) is 7.92. The third-order valence-electron chi connectivity index (χ3n) is 6.77. The molecule has 36 heavy (non-hydrogen) atoms. The Balaban J connectivity index is 1.14. The zero-order chi connectivity index (χ0) is 25.9. The Labute approximate surface area is 213 Å². The van der Waals surface area contributed by atoms with E-state index >= 15 is 0 Å². The maximum Gasteiger partial charge on any atom is 0.416 e. The van der Waals surface area contributed by atoms with Crippen molar-refractivity contribution in [1.29, 1.82) is 0 Å². The zero-order valence-corrected chi connectivity index (χ0v) is 21.3.